The van der Waals surface area contributed by atoms with Gasteiger partial charge in [0.1, 0.15) is 0 Å². The predicted octanol–water partition coefficient (Wildman–Crippen LogP) is 0.995. The number of amides is 1. The molecule has 0 unspecified atom stereocenters. The van der Waals surface area contributed by atoms with Gasteiger partial charge in [-0.2, -0.15) is 0 Å². The largest absolute Gasteiger partial charge is 0.341 e. The fourth-order valence-corrected chi connectivity index (χ4v) is 3.04. The molecule has 1 N–H and O–H groups in total. The smallest absolute Gasteiger partial charge is 0.226 e. The highest BCUT2D eigenvalue weighted by atomic mass is 16.2. The zero-order valence-electron chi connectivity index (χ0n) is 9.41. The topological polar surface area (TPSA) is 32.3 Å². The number of fused-ring (bicyclic) bond motifs is 2. The van der Waals surface area contributed by atoms with E-state index in [-0.39, 0.29) is 0 Å². The number of rotatable bonds is 1. The van der Waals surface area contributed by atoms with Crippen molar-refractivity contribution in [1.29, 1.82) is 0 Å². The fraction of sp³-hybridized carbons (Fsp3) is 0.917. The number of carbonyl (C=O) groups is 1. The highest BCUT2D eigenvalue weighted by molar-refractivity contribution is 5.81. The minimum absolute atomic E-state index is 0.363. The first-order chi connectivity index (χ1) is 7.24. The Hall–Kier alpha value is -0.570. The molecule has 1 aliphatic carbocycles. The molecule has 3 heteroatoms. The normalized spacial score (nSPS) is 43.9. The molecule has 2 saturated heterocycles. The maximum Gasteiger partial charge on any atom is 0.226 e. The standard InChI is InChI=1S/C12H20N2O/c1-8-6-11(8)12(15)14-5-4-9-2-3-10(7-14)13-9/h8-11,13H,2-7H2,1H3/t8-,9-,10+,11-/m1/s1. The molecular formula is C12H20N2O. The summed E-state index contributed by atoms with van der Waals surface area (Å²) in [5, 5.41) is 3.61. The summed E-state index contributed by atoms with van der Waals surface area (Å²) >= 11 is 0. The Balaban J connectivity index is 1.64. The second-order valence-corrected chi connectivity index (χ2v) is 5.53. The molecule has 1 amide bonds. The third-order valence-corrected chi connectivity index (χ3v) is 4.26. The van der Waals surface area contributed by atoms with Gasteiger partial charge in [-0.1, -0.05) is 6.92 Å². The van der Waals surface area contributed by atoms with E-state index in [4.69, 9.17) is 0 Å². The quantitative estimate of drug-likeness (QED) is 0.697. The summed E-state index contributed by atoms with van der Waals surface area (Å²) in [5.41, 5.74) is 0. The molecule has 1 saturated carbocycles. The molecule has 0 aromatic rings. The summed E-state index contributed by atoms with van der Waals surface area (Å²) in [6, 6.07) is 1.26. The second-order valence-electron chi connectivity index (χ2n) is 5.53. The van der Waals surface area contributed by atoms with Crippen molar-refractivity contribution < 1.29 is 4.79 Å². The van der Waals surface area contributed by atoms with Crippen molar-refractivity contribution in [3.05, 3.63) is 0 Å². The Morgan fingerprint density at radius 1 is 1.27 bits per heavy atom. The number of nitrogens with one attached hydrogen (secondary N) is 1. The Morgan fingerprint density at radius 3 is 2.73 bits per heavy atom. The van der Waals surface area contributed by atoms with E-state index in [1.165, 1.54) is 12.8 Å². The summed E-state index contributed by atoms with van der Waals surface area (Å²) in [7, 11) is 0. The van der Waals surface area contributed by atoms with Crippen LogP contribution in [-0.2, 0) is 4.79 Å². The fourth-order valence-electron chi connectivity index (χ4n) is 3.04. The van der Waals surface area contributed by atoms with Gasteiger partial charge in [-0.15, -0.1) is 0 Å². The lowest BCUT2D eigenvalue weighted by atomic mass is 10.1. The van der Waals surface area contributed by atoms with Crippen molar-refractivity contribution in [2.75, 3.05) is 13.1 Å². The number of hydrogen-bond donors (Lipinski definition) is 1. The zero-order valence-corrected chi connectivity index (χ0v) is 9.41. The van der Waals surface area contributed by atoms with E-state index in [0.29, 0.717) is 29.8 Å². The van der Waals surface area contributed by atoms with Crippen LogP contribution in [0.4, 0.5) is 0 Å². The molecule has 0 aromatic carbocycles. The van der Waals surface area contributed by atoms with Gasteiger partial charge in [0.2, 0.25) is 5.91 Å². The number of hydrogen-bond acceptors (Lipinski definition) is 2. The van der Waals surface area contributed by atoms with Crippen molar-refractivity contribution >= 4 is 5.91 Å². The van der Waals surface area contributed by atoms with Crippen LogP contribution in [-0.4, -0.2) is 36.0 Å². The number of carbonyl (C=O) groups excluding carboxylic acids is 1. The molecule has 3 fully saturated rings. The van der Waals surface area contributed by atoms with Gasteiger partial charge in [0.25, 0.3) is 0 Å². The molecule has 15 heavy (non-hydrogen) atoms. The van der Waals surface area contributed by atoms with E-state index >= 15 is 0 Å². The van der Waals surface area contributed by atoms with Crippen LogP contribution in [0.15, 0.2) is 0 Å². The van der Waals surface area contributed by atoms with Crippen LogP contribution in [0.3, 0.4) is 0 Å². The van der Waals surface area contributed by atoms with Gasteiger partial charge in [0.15, 0.2) is 0 Å². The van der Waals surface area contributed by atoms with Crippen molar-refractivity contribution in [2.45, 2.75) is 44.7 Å². The molecule has 3 nitrogen and oxygen atoms in total. The molecule has 84 valence electrons. The van der Waals surface area contributed by atoms with Crippen LogP contribution in [0.1, 0.15) is 32.6 Å². The highest BCUT2D eigenvalue weighted by Gasteiger charge is 2.43. The van der Waals surface area contributed by atoms with Crippen LogP contribution in [0, 0.1) is 11.8 Å². The van der Waals surface area contributed by atoms with E-state index in [2.05, 4.69) is 17.1 Å². The van der Waals surface area contributed by atoms with Crippen molar-refractivity contribution in [3.8, 4) is 0 Å². The molecule has 2 heterocycles. The van der Waals surface area contributed by atoms with Gasteiger partial charge in [0, 0.05) is 31.1 Å². The van der Waals surface area contributed by atoms with E-state index in [0.717, 1.165) is 25.9 Å². The Kier molecular flexibility index (Phi) is 2.23. The number of nitrogens with zero attached hydrogens (tertiary/aromatic N) is 1. The van der Waals surface area contributed by atoms with E-state index in [1.54, 1.807) is 0 Å². The number of likely N-dealkylation sites (tertiary alicyclic amines) is 1. The predicted molar refractivity (Wildman–Crippen MR) is 58.4 cm³/mol. The summed E-state index contributed by atoms with van der Waals surface area (Å²) in [6.07, 6.45) is 4.85. The first-order valence-electron chi connectivity index (χ1n) is 6.29. The van der Waals surface area contributed by atoms with Crippen LogP contribution in [0.25, 0.3) is 0 Å². The second kappa shape index (κ2) is 3.48. The van der Waals surface area contributed by atoms with Gasteiger partial charge < -0.3 is 10.2 Å². The molecule has 3 rings (SSSR count). The Bertz CT molecular complexity index is 279. The van der Waals surface area contributed by atoms with E-state index in [1.807, 2.05) is 0 Å². The lowest BCUT2D eigenvalue weighted by Gasteiger charge is -2.24. The first kappa shape index (κ1) is 9.64. The molecule has 4 atom stereocenters. The molecule has 0 aromatic heterocycles. The molecular weight excluding hydrogens is 188 g/mol. The lowest BCUT2D eigenvalue weighted by molar-refractivity contribution is -0.133. The molecule has 2 aliphatic heterocycles. The van der Waals surface area contributed by atoms with E-state index in [9.17, 15) is 4.79 Å². The van der Waals surface area contributed by atoms with Gasteiger partial charge in [-0.25, -0.2) is 0 Å². The highest BCUT2D eigenvalue weighted by Crippen LogP contribution is 2.39. The minimum Gasteiger partial charge on any atom is -0.341 e. The average Bonchev–Trinajstić information content (AvgIpc) is 2.81. The molecule has 0 radical (unpaired) electrons. The van der Waals surface area contributed by atoms with Gasteiger partial charge in [-0.05, 0) is 31.6 Å². The average molecular weight is 208 g/mol. The Labute approximate surface area is 91.2 Å². The summed E-state index contributed by atoms with van der Waals surface area (Å²) < 4.78 is 0. The van der Waals surface area contributed by atoms with Gasteiger partial charge >= 0.3 is 0 Å². The van der Waals surface area contributed by atoms with Gasteiger partial charge in [-0.3, -0.25) is 4.79 Å². The van der Waals surface area contributed by atoms with Crippen molar-refractivity contribution in [1.82, 2.24) is 10.2 Å². The lowest BCUT2D eigenvalue weighted by Crippen LogP contribution is -2.40. The van der Waals surface area contributed by atoms with Gasteiger partial charge in [0.05, 0.1) is 0 Å². The van der Waals surface area contributed by atoms with Crippen LogP contribution < -0.4 is 5.32 Å². The summed E-state index contributed by atoms with van der Waals surface area (Å²) in [6.45, 7) is 4.12. The third-order valence-electron chi connectivity index (χ3n) is 4.26. The van der Waals surface area contributed by atoms with Crippen molar-refractivity contribution in [3.63, 3.8) is 0 Å². The first-order valence-corrected chi connectivity index (χ1v) is 6.29. The molecule has 2 bridgehead atoms. The maximum absolute atomic E-state index is 12.1. The monoisotopic (exact) mass is 208 g/mol. The molecule has 0 spiro atoms. The molecule has 3 aliphatic rings. The van der Waals surface area contributed by atoms with Crippen LogP contribution in [0.5, 0.6) is 0 Å². The SMILES string of the molecule is C[C@@H]1C[C@H]1C(=O)N1CC[C@H]2CC[C@@H](C1)N2. The van der Waals surface area contributed by atoms with Crippen LogP contribution in [0.2, 0.25) is 0 Å². The van der Waals surface area contributed by atoms with Crippen LogP contribution >= 0.6 is 0 Å². The summed E-state index contributed by atoms with van der Waals surface area (Å²) in [4.78, 5) is 14.2. The van der Waals surface area contributed by atoms with E-state index < -0.39 is 0 Å². The third kappa shape index (κ3) is 1.78. The Morgan fingerprint density at radius 2 is 2.00 bits per heavy atom. The maximum atomic E-state index is 12.1. The van der Waals surface area contributed by atoms with Crippen molar-refractivity contribution in [2.24, 2.45) is 11.8 Å². The minimum atomic E-state index is 0.363. The summed E-state index contributed by atoms with van der Waals surface area (Å²) in [5.74, 6) is 1.43. The zero-order chi connectivity index (χ0) is 10.4.